The summed E-state index contributed by atoms with van der Waals surface area (Å²) in [7, 11) is 0. The molecule has 1 aliphatic rings. The summed E-state index contributed by atoms with van der Waals surface area (Å²) < 4.78 is 5.70. The number of carbonyl (C=O) groups is 1. The van der Waals surface area contributed by atoms with Gasteiger partial charge in [-0.05, 0) is 13.0 Å². The quantitative estimate of drug-likeness (QED) is 0.904. The maximum Gasteiger partial charge on any atom is 0.347 e. The number of aryl methyl sites for hydroxylation is 1. The first-order valence-corrected chi connectivity index (χ1v) is 7.04. The zero-order chi connectivity index (χ0) is 13.1. The number of likely N-dealkylation sites (N-methyl/N-ethyl adjacent to an activating group) is 1. The predicted octanol–water partition coefficient (Wildman–Crippen LogP) is 1.80. The molecule has 1 aliphatic heterocycles. The SMILES string of the molecule is CCc1nc(C2CN(CC)CCO2)sc1C(=O)O. The molecule has 2 rings (SSSR count). The summed E-state index contributed by atoms with van der Waals surface area (Å²) in [6.45, 7) is 7.44. The van der Waals surface area contributed by atoms with Gasteiger partial charge < -0.3 is 9.84 Å². The lowest BCUT2D eigenvalue weighted by molar-refractivity contribution is -0.0283. The second kappa shape index (κ2) is 5.77. The van der Waals surface area contributed by atoms with E-state index in [1.54, 1.807) is 0 Å². The third kappa shape index (κ3) is 2.71. The van der Waals surface area contributed by atoms with Gasteiger partial charge in [0.1, 0.15) is 16.0 Å². The fraction of sp³-hybridized carbons (Fsp3) is 0.667. The molecule has 0 radical (unpaired) electrons. The van der Waals surface area contributed by atoms with Crippen LogP contribution < -0.4 is 0 Å². The number of hydrogen-bond acceptors (Lipinski definition) is 5. The number of rotatable bonds is 4. The van der Waals surface area contributed by atoms with Crippen LogP contribution in [0.2, 0.25) is 0 Å². The highest BCUT2D eigenvalue weighted by molar-refractivity contribution is 7.13. The standard InChI is InChI=1S/C12H18N2O3S/c1-3-8-10(12(15)16)18-11(13-8)9-7-14(4-2)5-6-17-9/h9H,3-7H2,1-2H3,(H,15,16). The summed E-state index contributed by atoms with van der Waals surface area (Å²) in [5.41, 5.74) is 0.666. The average molecular weight is 270 g/mol. The second-order valence-corrected chi connectivity index (χ2v) is 5.27. The summed E-state index contributed by atoms with van der Waals surface area (Å²) in [5, 5.41) is 9.92. The molecule has 1 aromatic heterocycles. The van der Waals surface area contributed by atoms with Gasteiger partial charge in [-0.1, -0.05) is 13.8 Å². The van der Waals surface area contributed by atoms with Gasteiger partial charge in [-0.25, -0.2) is 9.78 Å². The molecule has 2 heterocycles. The summed E-state index contributed by atoms with van der Waals surface area (Å²) in [6, 6.07) is 0. The molecule has 1 aromatic rings. The van der Waals surface area contributed by atoms with Gasteiger partial charge in [0.25, 0.3) is 0 Å². The van der Waals surface area contributed by atoms with Crippen LogP contribution in [0.15, 0.2) is 0 Å². The van der Waals surface area contributed by atoms with E-state index in [0.29, 0.717) is 23.6 Å². The van der Waals surface area contributed by atoms with Crippen molar-refractivity contribution in [1.82, 2.24) is 9.88 Å². The molecular formula is C12H18N2O3S. The van der Waals surface area contributed by atoms with Crippen LogP contribution in [0.1, 0.15) is 40.3 Å². The molecule has 1 atom stereocenters. The fourth-order valence-electron chi connectivity index (χ4n) is 2.05. The topological polar surface area (TPSA) is 62.7 Å². The van der Waals surface area contributed by atoms with E-state index in [0.717, 1.165) is 24.6 Å². The van der Waals surface area contributed by atoms with Crippen LogP contribution in [0.25, 0.3) is 0 Å². The lowest BCUT2D eigenvalue weighted by Crippen LogP contribution is -2.38. The molecule has 0 bridgehead atoms. The molecule has 6 heteroatoms. The molecular weight excluding hydrogens is 252 g/mol. The van der Waals surface area contributed by atoms with Crippen molar-refractivity contribution >= 4 is 17.3 Å². The number of aromatic carboxylic acids is 1. The molecule has 0 saturated carbocycles. The molecule has 0 aliphatic carbocycles. The van der Waals surface area contributed by atoms with Crippen LogP contribution >= 0.6 is 11.3 Å². The summed E-state index contributed by atoms with van der Waals surface area (Å²) >= 11 is 1.25. The largest absolute Gasteiger partial charge is 0.477 e. The minimum atomic E-state index is -0.890. The fourth-order valence-corrected chi connectivity index (χ4v) is 3.09. The Balaban J connectivity index is 2.20. The Hall–Kier alpha value is -0.980. The van der Waals surface area contributed by atoms with Crippen LogP contribution in [-0.2, 0) is 11.2 Å². The summed E-state index contributed by atoms with van der Waals surface area (Å²) in [5.74, 6) is -0.890. The number of nitrogens with zero attached hydrogens (tertiary/aromatic N) is 2. The minimum absolute atomic E-state index is 0.0814. The number of aromatic nitrogens is 1. The second-order valence-electron chi connectivity index (χ2n) is 4.24. The number of thiazole rings is 1. The Labute approximate surface area is 110 Å². The first-order chi connectivity index (χ1) is 8.65. The van der Waals surface area contributed by atoms with E-state index in [1.165, 1.54) is 11.3 Å². The lowest BCUT2D eigenvalue weighted by Gasteiger charge is -2.30. The van der Waals surface area contributed by atoms with Crippen LogP contribution in [-0.4, -0.2) is 47.2 Å². The van der Waals surface area contributed by atoms with Crippen molar-refractivity contribution in [3.05, 3.63) is 15.6 Å². The van der Waals surface area contributed by atoms with Crippen molar-refractivity contribution in [2.75, 3.05) is 26.2 Å². The Morgan fingerprint density at radius 3 is 2.94 bits per heavy atom. The van der Waals surface area contributed by atoms with Crippen molar-refractivity contribution in [3.8, 4) is 0 Å². The molecule has 0 spiro atoms. The van der Waals surface area contributed by atoms with Gasteiger partial charge in [0.15, 0.2) is 0 Å². The van der Waals surface area contributed by atoms with Crippen molar-refractivity contribution < 1.29 is 14.6 Å². The third-order valence-corrected chi connectivity index (χ3v) is 4.29. The van der Waals surface area contributed by atoms with E-state index in [-0.39, 0.29) is 6.10 Å². The van der Waals surface area contributed by atoms with Gasteiger partial charge >= 0.3 is 5.97 Å². The Morgan fingerprint density at radius 1 is 1.61 bits per heavy atom. The van der Waals surface area contributed by atoms with Crippen LogP contribution in [0, 0.1) is 0 Å². The van der Waals surface area contributed by atoms with Crippen LogP contribution in [0.5, 0.6) is 0 Å². The van der Waals surface area contributed by atoms with Crippen molar-refractivity contribution in [2.45, 2.75) is 26.4 Å². The molecule has 0 aromatic carbocycles. The van der Waals surface area contributed by atoms with E-state index in [1.807, 2.05) is 6.92 Å². The monoisotopic (exact) mass is 270 g/mol. The molecule has 1 N–H and O–H groups in total. The van der Waals surface area contributed by atoms with E-state index in [2.05, 4.69) is 16.8 Å². The van der Waals surface area contributed by atoms with E-state index in [9.17, 15) is 4.79 Å². The predicted molar refractivity (Wildman–Crippen MR) is 69.3 cm³/mol. The van der Waals surface area contributed by atoms with Gasteiger partial charge in [-0.2, -0.15) is 0 Å². The van der Waals surface area contributed by atoms with E-state index in [4.69, 9.17) is 9.84 Å². The zero-order valence-electron chi connectivity index (χ0n) is 10.7. The Bertz CT molecular complexity index is 433. The number of carboxylic acid groups (broad SMARTS) is 1. The average Bonchev–Trinajstić information content (AvgIpc) is 2.83. The Kier molecular flexibility index (Phi) is 4.31. The Morgan fingerprint density at radius 2 is 2.39 bits per heavy atom. The minimum Gasteiger partial charge on any atom is -0.477 e. The number of hydrogen-bond donors (Lipinski definition) is 1. The highest BCUT2D eigenvalue weighted by Crippen LogP contribution is 2.29. The molecule has 100 valence electrons. The summed E-state index contributed by atoms with van der Waals surface area (Å²) in [4.78, 5) is 18.2. The molecule has 18 heavy (non-hydrogen) atoms. The highest BCUT2D eigenvalue weighted by atomic mass is 32.1. The molecule has 1 unspecified atom stereocenters. The maximum atomic E-state index is 11.1. The van der Waals surface area contributed by atoms with Gasteiger partial charge in [-0.3, -0.25) is 4.90 Å². The first kappa shape index (κ1) is 13.5. The van der Waals surface area contributed by atoms with Gasteiger partial charge in [-0.15, -0.1) is 11.3 Å². The maximum absolute atomic E-state index is 11.1. The van der Waals surface area contributed by atoms with Crippen molar-refractivity contribution in [3.63, 3.8) is 0 Å². The zero-order valence-corrected chi connectivity index (χ0v) is 11.5. The third-order valence-electron chi connectivity index (χ3n) is 3.12. The molecule has 0 amide bonds. The van der Waals surface area contributed by atoms with Crippen molar-refractivity contribution in [2.24, 2.45) is 0 Å². The van der Waals surface area contributed by atoms with Crippen LogP contribution in [0.3, 0.4) is 0 Å². The van der Waals surface area contributed by atoms with Gasteiger partial charge in [0.05, 0.1) is 12.3 Å². The number of morpholine rings is 1. The molecule has 5 nitrogen and oxygen atoms in total. The summed E-state index contributed by atoms with van der Waals surface area (Å²) in [6.07, 6.45) is 0.560. The van der Waals surface area contributed by atoms with E-state index >= 15 is 0 Å². The van der Waals surface area contributed by atoms with Crippen molar-refractivity contribution in [1.29, 1.82) is 0 Å². The molecule has 1 fully saturated rings. The van der Waals surface area contributed by atoms with E-state index < -0.39 is 5.97 Å². The van der Waals surface area contributed by atoms with Gasteiger partial charge in [0, 0.05) is 13.1 Å². The highest BCUT2D eigenvalue weighted by Gasteiger charge is 2.26. The van der Waals surface area contributed by atoms with Gasteiger partial charge in [0.2, 0.25) is 0 Å². The number of ether oxygens (including phenoxy) is 1. The lowest BCUT2D eigenvalue weighted by atomic mass is 10.2. The first-order valence-electron chi connectivity index (χ1n) is 6.22. The molecule has 1 saturated heterocycles. The van der Waals surface area contributed by atoms with Crippen LogP contribution in [0.4, 0.5) is 0 Å². The smallest absolute Gasteiger partial charge is 0.347 e. The normalized spacial score (nSPS) is 21.1. The number of carboxylic acids is 1.